The second kappa shape index (κ2) is 8.09. The van der Waals surface area contributed by atoms with E-state index in [0.717, 1.165) is 12.8 Å². The van der Waals surface area contributed by atoms with Crippen molar-refractivity contribution in [1.82, 2.24) is 5.32 Å². The van der Waals surface area contributed by atoms with Crippen LogP contribution in [0.4, 0.5) is 5.69 Å². The van der Waals surface area contributed by atoms with Crippen LogP contribution in [0.2, 0.25) is 5.02 Å². The Kier molecular flexibility index (Phi) is 5.61. The van der Waals surface area contributed by atoms with Crippen LogP contribution in [0.5, 0.6) is 5.75 Å². The van der Waals surface area contributed by atoms with Crippen molar-refractivity contribution >= 4 is 35.1 Å². The van der Waals surface area contributed by atoms with Gasteiger partial charge in [-0.3, -0.25) is 9.59 Å². The number of carbonyl (C=O) groups is 3. The van der Waals surface area contributed by atoms with E-state index < -0.39 is 18.5 Å². The summed E-state index contributed by atoms with van der Waals surface area (Å²) in [6, 6.07) is 10.7. The average Bonchev–Trinajstić information content (AvgIpc) is 3.44. The largest absolute Gasteiger partial charge is 0.507 e. The smallest absolute Gasteiger partial charge is 0.342 e. The van der Waals surface area contributed by atoms with Gasteiger partial charge in [0, 0.05) is 11.1 Å². The Balaban J connectivity index is 1.59. The minimum absolute atomic E-state index is 0.101. The van der Waals surface area contributed by atoms with Crippen molar-refractivity contribution < 1.29 is 24.2 Å². The van der Waals surface area contributed by atoms with Crippen molar-refractivity contribution in [2.45, 2.75) is 18.9 Å². The number of phenols is 1. The molecule has 0 radical (unpaired) electrons. The zero-order valence-electron chi connectivity index (χ0n) is 14.2. The maximum absolute atomic E-state index is 12.2. The van der Waals surface area contributed by atoms with Gasteiger partial charge in [0.1, 0.15) is 11.3 Å². The Bertz CT molecular complexity index is 895. The van der Waals surface area contributed by atoms with Gasteiger partial charge in [0.15, 0.2) is 6.61 Å². The van der Waals surface area contributed by atoms with Crippen molar-refractivity contribution in [2.75, 3.05) is 11.9 Å². The number of ether oxygens (including phenoxy) is 1. The van der Waals surface area contributed by atoms with Crippen LogP contribution in [-0.2, 0) is 9.53 Å². The molecule has 140 valence electrons. The molecule has 1 aliphatic carbocycles. The van der Waals surface area contributed by atoms with Gasteiger partial charge in [-0.1, -0.05) is 23.7 Å². The fourth-order valence-corrected chi connectivity index (χ4v) is 2.52. The molecule has 2 aromatic rings. The van der Waals surface area contributed by atoms with Crippen molar-refractivity contribution in [3.05, 3.63) is 58.6 Å². The number of halogens is 1. The molecule has 1 saturated carbocycles. The van der Waals surface area contributed by atoms with E-state index in [2.05, 4.69) is 10.6 Å². The number of phenolic OH excluding ortho intramolecular Hbond substituents is 1. The van der Waals surface area contributed by atoms with Crippen molar-refractivity contribution in [3.8, 4) is 5.75 Å². The van der Waals surface area contributed by atoms with Crippen LogP contribution in [0, 0.1) is 0 Å². The molecular formula is C19H17ClN2O5. The Morgan fingerprint density at radius 3 is 2.56 bits per heavy atom. The molecule has 0 saturated heterocycles. The molecule has 0 bridgehead atoms. The minimum atomic E-state index is -0.862. The van der Waals surface area contributed by atoms with Gasteiger partial charge in [0.05, 0.1) is 11.3 Å². The van der Waals surface area contributed by atoms with Crippen molar-refractivity contribution in [2.24, 2.45) is 0 Å². The van der Waals surface area contributed by atoms with Crippen LogP contribution in [0.25, 0.3) is 0 Å². The number of esters is 1. The summed E-state index contributed by atoms with van der Waals surface area (Å²) in [7, 11) is 0. The number of rotatable bonds is 6. The van der Waals surface area contributed by atoms with Crippen molar-refractivity contribution in [3.63, 3.8) is 0 Å². The summed E-state index contributed by atoms with van der Waals surface area (Å²) < 4.78 is 4.90. The molecule has 3 N–H and O–H groups in total. The highest BCUT2D eigenvalue weighted by Crippen LogP contribution is 2.23. The predicted octanol–water partition coefficient (Wildman–Crippen LogP) is 2.73. The molecule has 8 heteroatoms. The highest BCUT2D eigenvalue weighted by atomic mass is 35.5. The highest BCUT2D eigenvalue weighted by molar-refractivity contribution is 6.30. The molecule has 1 aliphatic rings. The van der Waals surface area contributed by atoms with Gasteiger partial charge in [-0.25, -0.2) is 4.79 Å². The molecule has 7 nitrogen and oxygen atoms in total. The number of benzene rings is 2. The molecular weight excluding hydrogens is 372 g/mol. The highest BCUT2D eigenvalue weighted by Gasteiger charge is 2.25. The minimum Gasteiger partial charge on any atom is -0.507 e. The van der Waals surface area contributed by atoms with Crippen molar-refractivity contribution in [1.29, 1.82) is 0 Å². The number of carbonyl (C=O) groups excluding carboxylic acids is 3. The van der Waals surface area contributed by atoms with E-state index in [1.54, 1.807) is 24.3 Å². The number of para-hydroxylation sites is 1. The van der Waals surface area contributed by atoms with Crippen LogP contribution < -0.4 is 10.6 Å². The monoisotopic (exact) mass is 388 g/mol. The van der Waals surface area contributed by atoms with Crippen LogP contribution in [0.15, 0.2) is 42.5 Å². The SMILES string of the molecule is O=C(COC(=O)c1ccc(Cl)cc1O)Nc1ccccc1C(=O)NC1CC1. The average molecular weight is 389 g/mol. The van der Waals surface area contributed by atoms with E-state index in [-0.39, 0.29) is 28.3 Å². The van der Waals surface area contributed by atoms with Crippen LogP contribution in [0.1, 0.15) is 33.6 Å². The molecule has 27 heavy (non-hydrogen) atoms. The first-order valence-electron chi connectivity index (χ1n) is 8.29. The standard InChI is InChI=1S/C19H17ClN2O5/c20-11-5-8-14(16(23)9-11)19(26)27-10-17(24)22-15-4-2-1-3-13(15)18(25)21-12-6-7-12/h1-5,8-9,12,23H,6-7,10H2,(H,21,25)(H,22,24). The normalized spacial score (nSPS) is 12.9. The molecule has 0 atom stereocenters. The number of amides is 2. The Morgan fingerprint density at radius 2 is 1.85 bits per heavy atom. The lowest BCUT2D eigenvalue weighted by atomic mass is 10.1. The molecule has 2 aromatic carbocycles. The number of hydrogen-bond acceptors (Lipinski definition) is 5. The fraction of sp³-hybridized carbons (Fsp3) is 0.211. The lowest BCUT2D eigenvalue weighted by molar-refractivity contribution is -0.119. The topological polar surface area (TPSA) is 105 Å². The summed E-state index contributed by atoms with van der Waals surface area (Å²) in [5, 5.41) is 15.4. The molecule has 0 heterocycles. The van der Waals surface area contributed by atoms with E-state index >= 15 is 0 Å². The maximum atomic E-state index is 12.2. The summed E-state index contributed by atoms with van der Waals surface area (Å²) in [5.41, 5.74) is 0.557. The third-order valence-electron chi connectivity index (χ3n) is 3.87. The first-order valence-corrected chi connectivity index (χ1v) is 8.67. The Hall–Kier alpha value is -3.06. The van der Waals surface area contributed by atoms with Gasteiger partial charge < -0.3 is 20.5 Å². The molecule has 0 aliphatic heterocycles. The van der Waals surface area contributed by atoms with Gasteiger partial charge in [-0.15, -0.1) is 0 Å². The van der Waals surface area contributed by atoms with E-state index in [1.807, 2.05) is 0 Å². The van der Waals surface area contributed by atoms with Gasteiger partial charge in [0.2, 0.25) is 0 Å². The lowest BCUT2D eigenvalue weighted by Gasteiger charge is -2.11. The molecule has 0 unspecified atom stereocenters. The van der Waals surface area contributed by atoms with E-state index in [0.29, 0.717) is 11.3 Å². The number of hydrogen-bond donors (Lipinski definition) is 3. The lowest BCUT2D eigenvalue weighted by Crippen LogP contribution is -2.28. The van der Waals surface area contributed by atoms with Crippen LogP contribution in [-0.4, -0.2) is 35.5 Å². The maximum Gasteiger partial charge on any atom is 0.342 e. The van der Waals surface area contributed by atoms with Gasteiger partial charge in [-0.05, 0) is 43.2 Å². The van der Waals surface area contributed by atoms with E-state index in [1.165, 1.54) is 18.2 Å². The molecule has 0 spiro atoms. The molecule has 2 amide bonds. The Labute approximate surface area is 160 Å². The van der Waals surface area contributed by atoms with Gasteiger partial charge in [-0.2, -0.15) is 0 Å². The van der Waals surface area contributed by atoms with Crippen LogP contribution in [0.3, 0.4) is 0 Å². The number of aromatic hydroxyl groups is 1. The summed E-state index contributed by atoms with van der Waals surface area (Å²) in [6.45, 7) is -0.570. The summed E-state index contributed by atoms with van der Waals surface area (Å²) in [6.07, 6.45) is 1.90. The molecule has 0 aromatic heterocycles. The van der Waals surface area contributed by atoms with Gasteiger partial charge >= 0.3 is 5.97 Å². The quantitative estimate of drug-likeness (QED) is 0.660. The van der Waals surface area contributed by atoms with E-state index in [4.69, 9.17) is 16.3 Å². The second-order valence-electron chi connectivity index (χ2n) is 6.08. The number of nitrogens with one attached hydrogen (secondary N) is 2. The molecule has 3 rings (SSSR count). The zero-order valence-corrected chi connectivity index (χ0v) is 15.0. The van der Waals surface area contributed by atoms with E-state index in [9.17, 15) is 19.5 Å². The zero-order chi connectivity index (χ0) is 19.4. The third-order valence-corrected chi connectivity index (χ3v) is 4.11. The fourth-order valence-electron chi connectivity index (χ4n) is 2.35. The van der Waals surface area contributed by atoms with Crippen LogP contribution >= 0.6 is 11.6 Å². The Morgan fingerprint density at radius 1 is 1.11 bits per heavy atom. The summed E-state index contributed by atoms with van der Waals surface area (Å²) in [4.78, 5) is 36.3. The second-order valence-corrected chi connectivity index (χ2v) is 6.52. The molecule has 1 fully saturated rings. The first-order chi connectivity index (χ1) is 12.9. The summed E-state index contributed by atoms with van der Waals surface area (Å²) >= 11 is 5.71. The third kappa shape index (κ3) is 4.98. The van der Waals surface area contributed by atoms with Gasteiger partial charge in [0.25, 0.3) is 11.8 Å². The first kappa shape index (κ1) is 18.7. The summed E-state index contributed by atoms with van der Waals surface area (Å²) in [5.74, 6) is -2.07. The number of anilines is 1. The predicted molar refractivity (Wildman–Crippen MR) is 99.0 cm³/mol.